The molecule has 84 valence electrons. The van der Waals surface area contributed by atoms with Gasteiger partial charge in [0.25, 0.3) is 0 Å². The molecular weight excluding hydrogens is 238 g/mol. The molecule has 1 heterocycles. The molecule has 0 amide bonds. The van der Waals surface area contributed by atoms with E-state index in [1.165, 1.54) is 5.56 Å². The van der Waals surface area contributed by atoms with Crippen LogP contribution < -0.4 is 0 Å². The Morgan fingerprint density at radius 2 is 2.06 bits per heavy atom. The highest BCUT2D eigenvalue weighted by molar-refractivity contribution is 7.91. The summed E-state index contributed by atoms with van der Waals surface area (Å²) in [5.74, 6) is 0. The van der Waals surface area contributed by atoms with Crippen LogP contribution in [0, 0.1) is 11.4 Å². The summed E-state index contributed by atoms with van der Waals surface area (Å²) in [6.45, 7) is 2.05. The van der Waals surface area contributed by atoms with E-state index in [1.807, 2.05) is 36.9 Å². The van der Waals surface area contributed by atoms with E-state index in [2.05, 4.69) is 6.07 Å². The van der Waals surface area contributed by atoms with Gasteiger partial charge in [0.05, 0.1) is 6.20 Å². The molecule has 16 heavy (non-hydrogen) atoms. The molecule has 0 aliphatic heterocycles. The molecule has 2 rings (SSSR count). The smallest absolute Gasteiger partial charge is 0.187 e. The Hall–Kier alpha value is -0.840. The minimum absolute atomic E-state index is 0.703. The predicted octanol–water partition coefficient (Wildman–Crippen LogP) is 2.95. The lowest BCUT2D eigenvalue weighted by molar-refractivity contribution is 0.599. The summed E-state index contributed by atoms with van der Waals surface area (Å²) in [5.41, 5.74) is 2.28. The number of fused-ring (bicyclic) bond motifs is 1. The van der Waals surface area contributed by atoms with Crippen molar-refractivity contribution in [2.24, 2.45) is 7.05 Å². The summed E-state index contributed by atoms with van der Waals surface area (Å²) in [6, 6.07) is 6.12. The van der Waals surface area contributed by atoms with Crippen LogP contribution in [0.5, 0.6) is 0 Å². The second-order valence-corrected chi connectivity index (χ2v) is 5.66. The number of nitrogens with zero attached hydrogens (tertiary/aromatic N) is 1. The number of pyridine rings is 1. The Bertz CT molecular complexity index is 602. The van der Waals surface area contributed by atoms with Gasteiger partial charge in [0, 0.05) is 18.0 Å². The maximum atomic E-state index is 11.6. The summed E-state index contributed by atoms with van der Waals surface area (Å²) in [6.07, 6.45) is 3.52. The third-order valence-corrected chi connectivity index (χ3v) is 4.12. The van der Waals surface area contributed by atoms with Gasteiger partial charge >= 0.3 is 0 Å². The second kappa shape index (κ2) is 4.20. The fraction of sp³-hybridized carbons (Fsp3) is 0.250. The number of hydrogen-bond donors (Lipinski definition) is 0. The molecule has 0 spiro atoms. The fourth-order valence-corrected chi connectivity index (χ4v) is 3.02. The third-order valence-electron chi connectivity index (χ3n) is 2.62. The molecule has 0 radical (unpaired) electrons. The Morgan fingerprint density at radius 1 is 1.38 bits per heavy atom. The summed E-state index contributed by atoms with van der Waals surface area (Å²) in [5, 5.41) is 0.996. The molecule has 0 N–H and O–H groups in total. The maximum Gasteiger partial charge on any atom is 0.187 e. The maximum absolute atomic E-state index is 11.6. The Morgan fingerprint density at radius 3 is 2.69 bits per heavy atom. The molecule has 0 bridgehead atoms. The van der Waals surface area contributed by atoms with E-state index >= 15 is 0 Å². The molecule has 0 fully saturated rings. The van der Waals surface area contributed by atoms with E-state index < -0.39 is 11.2 Å². The van der Waals surface area contributed by atoms with Crippen molar-refractivity contribution >= 4 is 34.3 Å². The van der Waals surface area contributed by atoms with Crippen LogP contribution in [0.25, 0.3) is 10.9 Å². The van der Waals surface area contributed by atoms with Gasteiger partial charge in [0.2, 0.25) is 0 Å². The van der Waals surface area contributed by atoms with Crippen molar-refractivity contribution in [1.29, 1.82) is 0 Å². The zero-order valence-electron chi connectivity index (χ0n) is 9.48. The normalized spacial score (nSPS) is 13.0. The SMILES string of the molecule is Cc1ccc2c(=S)c([S+](C)[O-])cn(C)c2c1. The summed E-state index contributed by atoms with van der Waals surface area (Å²) < 4.78 is 14.2. The topological polar surface area (TPSA) is 28.0 Å². The van der Waals surface area contributed by atoms with Crippen molar-refractivity contribution < 1.29 is 4.55 Å². The first-order chi connectivity index (χ1) is 7.50. The average molecular weight is 251 g/mol. The number of aryl methyl sites for hydroxylation is 2. The van der Waals surface area contributed by atoms with Crippen LogP contribution in [0.3, 0.4) is 0 Å². The van der Waals surface area contributed by atoms with E-state index in [4.69, 9.17) is 12.2 Å². The van der Waals surface area contributed by atoms with E-state index in [-0.39, 0.29) is 0 Å². The first-order valence-electron chi connectivity index (χ1n) is 4.94. The fourth-order valence-electron chi connectivity index (χ4n) is 1.77. The largest absolute Gasteiger partial charge is 0.612 e. The van der Waals surface area contributed by atoms with Crippen molar-refractivity contribution in [2.75, 3.05) is 6.26 Å². The van der Waals surface area contributed by atoms with Crippen molar-refractivity contribution in [1.82, 2.24) is 4.57 Å². The molecule has 0 aliphatic rings. The molecule has 1 aromatic carbocycles. The molecule has 0 saturated carbocycles. The minimum Gasteiger partial charge on any atom is -0.612 e. The quantitative estimate of drug-likeness (QED) is 0.576. The number of benzene rings is 1. The zero-order chi connectivity index (χ0) is 11.9. The number of hydrogen-bond acceptors (Lipinski definition) is 2. The number of rotatable bonds is 1. The molecule has 1 atom stereocenters. The highest BCUT2D eigenvalue weighted by Gasteiger charge is 2.11. The van der Waals surface area contributed by atoms with Crippen LogP contribution in [0.2, 0.25) is 0 Å². The van der Waals surface area contributed by atoms with Gasteiger partial charge in [-0.1, -0.05) is 24.4 Å². The minimum atomic E-state index is -1.04. The molecule has 2 nitrogen and oxygen atoms in total. The van der Waals surface area contributed by atoms with Crippen LogP contribution in [0.15, 0.2) is 29.3 Å². The van der Waals surface area contributed by atoms with Crippen LogP contribution in [0.1, 0.15) is 5.56 Å². The summed E-state index contributed by atoms with van der Waals surface area (Å²) >= 11 is 4.33. The van der Waals surface area contributed by atoms with E-state index in [0.717, 1.165) is 15.8 Å². The average Bonchev–Trinajstić information content (AvgIpc) is 2.22. The Kier molecular flexibility index (Phi) is 3.06. The standard InChI is InChI=1S/C12H13NOS2/c1-8-4-5-9-10(6-8)13(2)7-11(12(9)15)16(3)14/h4-7H,1-3H3. The van der Waals surface area contributed by atoms with Crippen molar-refractivity contribution in [3.05, 3.63) is 34.5 Å². The van der Waals surface area contributed by atoms with Gasteiger partial charge in [-0.05, 0) is 29.7 Å². The summed E-state index contributed by atoms with van der Waals surface area (Å²) in [4.78, 5) is 0.730. The Balaban J connectivity index is 2.90. The molecule has 2 aromatic rings. The van der Waals surface area contributed by atoms with Gasteiger partial charge in [0.15, 0.2) is 4.90 Å². The highest BCUT2D eigenvalue weighted by atomic mass is 32.2. The lowest BCUT2D eigenvalue weighted by Gasteiger charge is -2.11. The lowest BCUT2D eigenvalue weighted by Crippen LogP contribution is -2.04. The van der Waals surface area contributed by atoms with Gasteiger partial charge in [0.1, 0.15) is 10.8 Å². The molecule has 1 aromatic heterocycles. The molecule has 4 heteroatoms. The van der Waals surface area contributed by atoms with Crippen LogP contribution in [-0.4, -0.2) is 15.4 Å². The molecule has 1 unspecified atom stereocenters. The Labute approximate surface area is 103 Å². The van der Waals surface area contributed by atoms with Gasteiger partial charge in [-0.3, -0.25) is 0 Å². The van der Waals surface area contributed by atoms with Gasteiger partial charge in [-0.2, -0.15) is 0 Å². The van der Waals surface area contributed by atoms with E-state index in [0.29, 0.717) is 4.51 Å². The van der Waals surface area contributed by atoms with Crippen molar-refractivity contribution in [2.45, 2.75) is 11.8 Å². The predicted molar refractivity (Wildman–Crippen MR) is 70.8 cm³/mol. The molecular formula is C12H13NOS2. The second-order valence-electron chi connectivity index (χ2n) is 3.91. The first-order valence-corrected chi connectivity index (χ1v) is 6.91. The summed E-state index contributed by atoms with van der Waals surface area (Å²) in [7, 11) is 1.95. The zero-order valence-corrected chi connectivity index (χ0v) is 11.1. The molecule has 0 saturated heterocycles. The van der Waals surface area contributed by atoms with Gasteiger partial charge in [-0.15, -0.1) is 0 Å². The highest BCUT2D eigenvalue weighted by Crippen LogP contribution is 2.22. The molecule has 0 aliphatic carbocycles. The van der Waals surface area contributed by atoms with E-state index in [1.54, 1.807) is 6.26 Å². The van der Waals surface area contributed by atoms with Crippen LogP contribution >= 0.6 is 12.2 Å². The van der Waals surface area contributed by atoms with Crippen molar-refractivity contribution in [3.8, 4) is 0 Å². The lowest BCUT2D eigenvalue weighted by atomic mass is 10.1. The van der Waals surface area contributed by atoms with Crippen LogP contribution in [-0.2, 0) is 18.2 Å². The third kappa shape index (κ3) is 1.88. The van der Waals surface area contributed by atoms with Crippen LogP contribution in [0.4, 0.5) is 0 Å². The number of aromatic nitrogens is 1. The van der Waals surface area contributed by atoms with Gasteiger partial charge in [-0.25, -0.2) is 0 Å². The van der Waals surface area contributed by atoms with Gasteiger partial charge < -0.3 is 9.12 Å². The first kappa shape index (κ1) is 11.6. The van der Waals surface area contributed by atoms with Crippen molar-refractivity contribution in [3.63, 3.8) is 0 Å². The van der Waals surface area contributed by atoms with E-state index in [9.17, 15) is 4.55 Å². The monoisotopic (exact) mass is 251 g/mol.